The van der Waals surface area contributed by atoms with Gasteiger partial charge in [0.25, 0.3) is 0 Å². The van der Waals surface area contributed by atoms with E-state index in [4.69, 9.17) is 0 Å². The van der Waals surface area contributed by atoms with Crippen molar-refractivity contribution in [1.82, 2.24) is 9.88 Å². The lowest BCUT2D eigenvalue weighted by molar-refractivity contribution is 0.514. The molecule has 0 aliphatic carbocycles. The van der Waals surface area contributed by atoms with Crippen LogP contribution in [0.4, 0.5) is 0 Å². The molecule has 148 valence electrons. The first-order chi connectivity index (χ1) is 14.2. The molecule has 1 atom stereocenters. The number of fused-ring (bicyclic) bond motifs is 1. The molecule has 1 heterocycles. The van der Waals surface area contributed by atoms with Crippen LogP contribution in [0.5, 0.6) is 0 Å². The molecule has 0 amide bonds. The SMILES string of the molecule is Cc1ccc(Cn2cc(CN[C@H](C)CCc3ccccc3)c3ccccc32)cc1. The molecule has 0 saturated heterocycles. The minimum atomic E-state index is 0.481. The highest BCUT2D eigenvalue weighted by Crippen LogP contribution is 2.23. The van der Waals surface area contributed by atoms with Gasteiger partial charge in [0.15, 0.2) is 0 Å². The Hall–Kier alpha value is -2.84. The van der Waals surface area contributed by atoms with Gasteiger partial charge in [-0.3, -0.25) is 0 Å². The van der Waals surface area contributed by atoms with Gasteiger partial charge in [0.2, 0.25) is 0 Å². The first kappa shape index (κ1) is 19.5. The molecule has 4 rings (SSSR count). The van der Waals surface area contributed by atoms with Crippen LogP contribution < -0.4 is 5.32 Å². The van der Waals surface area contributed by atoms with Crippen molar-refractivity contribution in [3.05, 3.63) is 107 Å². The molecule has 2 heteroatoms. The van der Waals surface area contributed by atoms with Crippen LogP contribution in [0, 0.1) is 6.92 Å². The van der Waals surface area contributed by atoms with Crippen LogP contribution in [0.15, 0.2) is 85.1 Å². The molecule has 1 aromatic heterocycles. The summed E-state index contributed by atoms with van der Waals surface area (Å²) in [4.78, 5) is 0. The zero-order chi connectivity index (χ0) is 20.1. The van der Waals surface area contributed by atoms with E-state index in [0.717, 1.165) is 25.9 Å². The summed E-state index contributed by atoms with van der Waals surface area (Å²) in [5.74, 6) is 0. The molecule has 3 aromatic carbocycles. The second-order valence-electron chi connectivity index (χ2n) is 8.09. The number of hydrogen-bond acceptors (Lipinski definition) is 1. The summed E-state index contributed by atoms with van der Waals surface area (Å²) < 4.78 is 2.38. The van der Waals surface area contributed by atoms with E-state index in [-0.39, 0.29) is 0 Å². The van der Waals surface area contributed by atoms with Crippen molar-refractivity contribution in [2.24, 2.45) is 0 Å². The topological polar surface area (TPSA) is 17.0 Å². The Bertz CT molecular complexity index is 1050. The lowest BCUT2D eigenvalue weighted by Crippen LogP contribution is -2.25. The lowest BCUT2D eigenvalue weighted by atomic mass is 10.1. The third-order valence-corrected chi connectivity index (χ3v) is 5.69. The molecule has 2 nitrogen and oxygen atoms in total. The molecule has 0 saturated carbocycles. The molecule has 29 heavy (non-hydrogen) atoms. The van der Waals surface area contributed by atoms with Crippen LogP contribution in [-0.4, -0.2) is 10.6 Å². The molecule has 0 aliphatic rings. The maximum atomic E-state index is 3.73. The van der Waals surface area contributed by atoms with E-state index in [1.54, 1.807) is 0 Å². The Morgan fingerprint density at radius 1 is 0.828 bits per heavy atom. The van der Waals surface area contributed by atoms with E-state index in [9.17, 15) is 0 Å². The summed E-state index contributed by atoms with van der Waals surface area (Å²) in [6.07, 6.45) is 4.58. The summed E-state index contributed by atoms with van der Waals surface area (Å²) in [7, 11) is 0. The number of para-hydroxylation sites is 1. The van der Waals surface area contributed by atoms with Crippen molar-refractivity contribution >= 4 is 10.9 Å². The Morgan fingerprint density at radius 2 is 1.55 bits per heavy atom. The normalized spacial score (nSPS) is 12.3. The van der Waals surface area contributed by atoms with Crippen molar-refractivity contribution in [1.29, 1.82) is 0 Å². The Morgan fingerprint density at radius 3 is 2.34 bits per heavy atom. The van der Waals surface area contributed by atoms with E-state index in [1.807, 2.05) is 0 Å². The predicted octanol–water partition coefficient (Wildman–Crippen LogP) is 6.11. The Balaban J connectivity index is 1.44. The van der Waals surface area contributed by atoms with Crippen molar-refractivity contribution in [2.45, 2.75) is 45.8 Å². The van der Waals surface area contributed by atoms with Gasteiger partial charge in [-0.25, -0.2) is 0 Å². The molecule has 0 fully saturated rings. The van der Waals surface area contributed by atoms with Crippen molar-refractivity contribution < 1.29 is 0 Å². The van der Waals surface area contributed by atoms with Gasteiger partial charge in [-0.05, 0) is 49.4 Å². The van der Waals surface area contributed by atoms with Crippen molar-refractivity contribution in [3.63, 3.8) is 0 Å². The van der Waals surface area contributed by atoms with E-state index in [2.05, 4.69) is 109 Å². The van der Waals surface area contributed by atoms with Crippen LogP contribution in [-0.2, 0) is 19.5 Å². The Kier molecular flexibility index (Phi) is 6.12. The number of aryl methyl sites for hydroxylation is 2. The predicted molar refractivity (Wildman–Crippen MR) is 123 cm³/mol. The van der Waals surface area contributed by atoms with Gasteiger partial charge in [-0.2, -0.15) is 0 Å². The lowest BCUT2D eigenvalue weighted by Gasteiger charge is -2.13. The standard InChI is InChI=1S/C27H30N2/c1-21-12-15-24(16-13-21)19-29-20-25(26-10-6-7-11-27(26)29)18-28-22(2)14-17-23-8-4-3-5-9-23/h3-13,15-16,20,22,28H,14,17-19H2,1-2H3/t22-/m1/s1. The van der Waals surface area contributed by atoms with Gasteiger partial charge in [0.1, 0.15) is 0 Å². The van der Waals surface area contributed by atoms with Crippen LogP contribution in [0.1, 0.15) is 35.6 Å². The van der Waals surface area contributed by atoms with E-state index < -0.39 is 0 Å². The average molecular weight is 383 g/mol. The summed E-state index contributed by atoms with van der Waals surface area (Å²) in [5, 5.41) is 5.08. The zero-order valence-corrected chi connectivity index (χ0v) is 17.4. The summed E-state index contributed by atoms with van der Waals surface area (Å²) in [5.41, 5.74) is 6.74. The largest absolute Gasteiger partial charge is 0.343 e. The quantitative estimate of drug-likeness (QED) is 0.389. The molecule has 0 unspecified atom stereocenters. The second kappa shape index (κ2) is 9.11. The number of hydrogen-bond donors (Lipinski definition) is 1. The maximum Gasteiger partial charge on any atom is 0.0486 e. The van der Waals surface area contributed by atoms with Gasteiger partial charge in [-0.1, -0.05) is 78.4 Å². The molecule has 0 aliphatic heterocycles. The molecule has 0 bridgehead atoms. The first-order valence-electron chi connectivity index (χ1n) is 10.6. The fourth-order valence-corrected chi connectivity index (χ4v) is 3.90. The number of nitrogens with zero attached hydrogens (tertiary/aromatic N) is 1. The Labute approximate surface area is 174 Å². The molecule has 0 spiro atoms. The monoisotopic (exact) mass is 382 g/mol. The first-order valence-corrected chi connectivity index (χ1v) is 10.6. The van der Waals surface area contributed by atoms with Crippen LogP contribution in [0.3, 0.4) is 0 Å². The zero-order valence-electron chi connectivity index (χ0n) is 17.4. The summed E-state index contributed by atoms with van der Waals surface area (Å²) in [6, 6.07) is 28.8. The van der Waals surface area contributed by atoms with E-state index in [0.29, 0.717) is 6.04 Å². The van der Waals surface area contributed by atoms with E-state index >= 15 is 0 Å². The number of aromatic nitrogens is 1. The highest BCUT2D eigenvalue weighted by molar-refractivity contribution is 5.84. The number of nitrogens with one attached hydrogen (secondary N) is 1. The minimum Gasteiger partial charge on any atom is -0.343 e. The number of benzene rings is 3. The van der Waals surface area contributed by atoms with Gasteiger partial charge in [-0.15, -0.1) is 0 Å². The highest BCUT2D eigenvalue weighted by atomic mass is 15.0. The summed E-state index contributed by atoms with van der Waals surface area (Å²) in [6.45, 7) is 6.23. The van der Waals surface area contributed by atoms with Gasteiger partial charge < -0.3 is 9.88 Å². The smallest absolute Gasteiger partial charge is 0.0486 e. The van der Waals surface area contributed by atoms with E-state index in [1.165, 1.54) is 33.2 Å². The summed E-state index contributed by atoms with van der Waals surface area (Å²) >= 11 is 0. The van der Waals surface area contributed by atoms with Gasteiger partial charge in [0.05, 0.1) is 0 Å². The van der Waals surface area contributed by atoms with Gasteiger partial charge in [0, 0.05) is 36.2 Å². The fraction of sp³-hybridized carbons (Fsp3) is 0.259. The molecular formula is C27H30N2. The fourth-order valence-electron chi connectivity index (χ4n) is 3.90. The highest BCUT2D eigenvalue weighted by Gasteiger charge is 2.10. The molecule has 1 N–H and O–H groups in total. The minimum absolute atomic E-state index is 0.481. The van der Waals surface area contributed by atoms with Crippen molar-refractivity contribution in [3.8, 4) is 0 Å². The molecular weight excluding hydrogens is 352 g/mol. The number of rotatable bonds is 8. The van der Waals surface area contributed by atoms with Gasteiger partial charge >= 0.3 is 0 Å². The van der Waals surface area contributed by atoms with Crippen LogP contribution >= 0.6 is 0 Å². The third-order valence-electron chi connectivity index (χ3n) is 5.69. The van der Waals surface area contributed by atoms with Crippen LogP contribution in [0.2, 0.25) is 0 Å². The molecule has 4 aromatic rings. The van der Waals surface area contributed by atoms with Crippen molar-refractivity contribution in [2.75, 3.05) is 0 Å². The average Bonchev–Trinajstić information content (AvgIpc) is 3.11. The van der Waals surface area contributed by atoms with Crippen LogP contribution in [0.25, 0.3) is 10.9 Å². The second-order valence-corrected chi connectivity index (χ2v) is 8.09. The molecule has 0 radical (unpaired) electrons. The third kappa shape index (κ3) is 4.96. The maximum absolute atomic E-state index is 3.73.